The number of piperidine rings is 1. The van der Waals surface area contributed by atoms with Crippen LogP contribution in [0.3, 0.4) is 0 Å². The summed E-state index contributed by atoms with van der Waals surface area (Å²) in [6.45, 7) is 7.65. The second kappa shape index (κ2) is 6.76. The van der Waals surface area contributed by atoms with Crippen molar-refractivity contribution >= 4 is 15.8 Å². The second-order valence-corrected chi connectivity index (χ2v) is 7.15. The van der Waals surface area contributed by atoms with E-state index in [9.17, 15) is 8.42 Å². The van der Waals surface area contributed by atoms with Gasteiger partial charge in [-0.3, -0.25) is 4.68 Å². The van der Waals surface area contributed by atoms with E-state index in [0.29, 0.717) is 6.54 Å². The van der Waals surface area contributed by atoms with E-state index in [1.165, 1.54) is 6.20 Å². The van der Waals surface area contributed by atoms with Gasteiger partial charge in [0.15, 0.2) is 5.82 Å². The zero-order chi connectivity index (χ0) is 15.5. The molecular weight excluding hydrogens is 290 g/mol. The molecule has 1 aliphatic heterocycles. The molecule has 0 saturated carbocycles. The summed E-state index contributed by atoms with van der Waals surface area (Å²) in [5, 5.41) is 4.05. The first-order valence-corrected chi connectivity index (χ1v) is 9.02. The molecule has 2 heterocycles. The summed E-state index contributed by atoms with van der Waals surface area (Å²) < 4.78 is 29.2. The van der Waals surface area contributed by atoms with Crippen LogP contribution in [0.15, 0.2) is 11.1 Å². The van der Waals surface area contributed by atoms with Crippen LogP contribution in [0, 0.1) is 0 Å². The molecule has 0 radical (unpaired) electrons. The number of nitrogens with one attached hydrogen (secondary N) is 1. The average Bonchev–Trinajstić information content (AvgIpc) is 2.81. The Balaban J connectivity index is 2.05. The predicted octanol–water partition coefficient (Wildman–Crippen LogP) is 0.638. The number of likely N-dealkylation sites (tertiary alicyclic amines) is 1. The fourth-order valence-corrected chi connectivity index (χ4v) is 4.00. The zero-order valence-corrected chi connectivity index (χ0v) is 13.6. The van der Waals surface area contributed by atoms with Gasteiger partial charge in [-0.1, -0.05) is 13.8 Å². The fourth-order valence-electron chi connectivity index (χ4n) is 2.62. The van der Waals surface area contributed by atoms with Crippen LogP contribution in [0.25, 0.3) is 0 Å². The molecule has 0 aliphatic carbocycles. The van der Waals surface area contributed by atoms with Gasteiger partial charge in [-0.2, -0.15) is 5.10 Å². The van der Waals surface area contributed by atoms with Crippen molar-refractivity contribution in [1.29, 1.82) is 0 Å². The minimum atomic E-state index is -3.59. The molecular formula is C13H25N5O2S. The Morgan fingerprint density at radius 2 is 2.05 bits per heavy atom. The number of sulfonamides is 1. The number of hydrogen-bond acceptors (Lipinski definition) is 5. The maximum Gasteiger partial charge on any atom is 0.246 e. The van der Waals surface area contributed by atoms with Crippen molar-refractivity contribution < 1.29 is 8.42 Å². The van der Waals surface area contributed by atoms with E-state index in [2.05, 4.69) is 21.6 Å². The summed E-state index contributed by atoms with van der Waals surface area (Å²) in [6, 6.07) is -0.0216. The maximum absolute atomic E-state index is 12.4. The summed E-state index contributed by atoms with van der Waals surface area (Å²) in [5.41, 5.74) is 5.75. The highest BCUT2D eigenvalue weighted by atomic mass is 32.2. The molecule has 1 aromatic rings. The number of hydrogen-bond donors (Lipinski definition) is 2. The Kier molecular flexibility index (Phi) is 5.23. The Hall–Kier alpha value is -1.12. The van der Waals surface area contributed by atoms with Crippen molar-refractivity contribution in [1.82, 2.24) is 19.4 Å². The lowest BCUT2D eigenvalue weighted by atomic mass is 10.1. The Bertz CT molecular complexity index is 561. The summed E-state index contributed by atoms with van der Waals surface area (Å²) in [4.78, 5) is 2.41. The highest BCUT2D eigenvalue weighted by Crippen LogP contribution is 2.19. The van der Waals surface area contributed by atoms with Gasteiger partial charge < -0.3 is 10.6 Å². The molecule has 0 spiro atoms. The largest absolute Gasteiger partial charge is 0.381 e. The lowest BCUT2D eigenvalue weighted by molar-refractivity contribution is 0.217. The fraction of sp³-hybridized carbons (Fsp3) is 0.769. The lowest BCUT2D eigenvalue weighted by Crippen LogP contribution is -2.44. The highest BCUT2D eigenvalue weighted by molar-refractivity contribution is 7.89. The first-order valence-electron chi connectivity index (χ1n) is 7.54. The molecule has 0 amide bonds. The molecule has 21 heavy (non-hydrogen) atoms. The molecule has 8 heteroatoms. The third-order valence-electron chi connectivity index (χ3n) is 3.85. The Labute approximate surface area is 126 Å². The molecule has 1 fully saturated rings. The van der Waals surface area contributed by atoms with Crippen LogP contribution in [-0.4, -0.2) is 48.8 Å². The van der Waals surface area contributed by atoms with Crippen LogP contribution in [-0.2, 0) is 16.6 Å². The minimum Gasteiger partial charge on any atom is -0.381 e. The van der Waals surface area contributed by atoms with Gasteiger partial charge in [0.1, 0.15) is 4.90 Å². The van der Waals surface area contributed by atoms with Crippen molar-refractivity contribution in [2.24, 2.45) is 0 Å². The van der Waals surface area contributed by atoms with Crippen LogP contribution in [0.2, 0.25) is 0 Å². The topological polar surface area (TPSA) is 93.2 Å². The van der Waals surface area contributed by atoms with Gasteiger partial charge in [-0.15, -0.1) is 0 Å². The van der Waals surface area contributed by atoms with E-state index in [0.717, 1.165) is 38.9 Å². The number of nitrogen functional groups attached to an aromatic ring is 1. The number of aromatic nitrogens is 2. The Morgan fingerprint density at radius 3 is 2.62 bits per heavy atom. The van der Waals surface area contributed by atoms with E-state index in [1.807, 2.05) is 6.92 Å². The van der Waals surface area contributed by atoms with Crippen molar-refractivity contribution in [3.05, 3.63) is 6.20 Å². The molecule has 1 saturated heterocycles. The van der Waals surface area contributed by atoms with Crippen molar-refractivity contribution in [2.75, 3.05) is 25.4 Å². The van der Waals surface area contributed by atoms with Crippen LogP contribution < -0.4 is 10.5 Å². The highest BCUT2D eigenvalue weighted by Gasteiger charge is 2.27. The molecule has 3 N–H and O–H groups in total. The standard InChI is InChI=1S/C13H25N5O2S/c1-3-7-18-10-12(13(14)15-18)21(19,20)16-11-5-8-17(4-2)9-6-11/h10-11,16H,3-9H2,1-2H3,(H2,14,15). The normalized spacial score (nSPS) is 18.2. The number of nitrogens with two attached hydrogens (primary N) is 1. The van der Waals surface area contributed by atoms with Gasteiger partial charge in [0.25, 0.3) is 0 Å². The molecule has 0 atom stereocenters. The van der Waals surface area contributed by atoms with Crippen LogP contribution in [0.5, 0.6) is 0 Å². The average molecular weight is 315 g/mol. The van der Waals surface area contributed by atoms with Crippen LogP contribution in [0.1, 0.15) is 33.1 Å². The molecule has 1 aromatic heterocycles. The summed E-state index contributed by atoms with van der Waals surface area (Å²) >= 11 is 0. The molecule has 0 unspecified atom stereocenters. The lowest BCUT2D eigenvalue weighted by Gasteiger charge is -2.31. The van der Waals surface area contributed by atoms with Gasteiger partial charge in [0.2, 0.25) is 10.0 Å². The first-order chi connectivity index (χ1) is 9.96. The van der Waals surface area contributed by atoms with Crippen LogP contribution in [0.4, 0.5) is 5.82 Å². The molecule has 120 valence electrons. The quantitative estimate of drug-likeness (QED) is 0.803. The number of aryl methyl sites for hydroxylation is 1. The SMILES string of the molecule is CCCn1cc(S(=O)(=O)NC2CCN(CC)CC2)c(N)n1. The maximum atomic E-state index is 12.4. The Morgan fingerprint density at radius 1 is 1.38 bits per heavy atom. The van der Waals surface area contributed by atoms with Gasteiger partial charge in [-0.25, -0.2) is 13.1 Å². The van der Waals surface area contributed by atoms with E-state index >= 15 is 0 Å². The van der Waals surface area contributed by atoms with Crippen molar-refractivity contribution in [2.45, 2.75) is 50.6 Å². The van der Waals surface area contributed by atoms with Gasteiger partial charge in [0.05, 0.1) is 0 Å². The van der Waals surface area contributed by atoms with E-state index in [-0.39, 0.29) is 16.8 Å². The predicted molar refractivity (Wildman–Crippen MR) is 82.4 cm³/mol. The summed E-state index contributed by atoms with van der Waals surface area (Å²) in [7, 11) is -3.59. The molecule has 0 aromatic carbocycles. The van der Waals surface area contributed by atoms with Gasteiger partial charge in [-0.05, 0) is 38.9 Å². The molecule has 7 nitrogen and oxygen atoms in total. The van der Waals surface area contributed by atoms with Crippen molar-refractivity contribution in [3.8, 4) is 0 Å². The number of nitrogens with zero attached hydrogens (tertiary/aromatic N) is 3. The van der Waals surface area contributed by atoms with Crippen LogP contribution >= 0.6 is 0 Å². The molecule has 2 rings (SSSR count). The molecule has 1 aliphatic rings. The van der Waals surface area contributed by atoms with Gasteiger partial charge >= 0.3 is 0 Å². The third-order valence-corrected chi connectivity index (χ3v) is 5.39. The summed E-state index contributed by atoms with van der Waals surface area (Å²) in [5.74, 6) is 0.0712. The smallest absolute Gasteiger partial charge is 0.246 e. The van der Waals surface area contributed by atoms with E-state index in [1.54, 1.807) is 4.68 Å². The summed E-state index contributed by atoms with van der Waals surface area (Å²) in [6.07, 6.45) is 4.05. The second-order valence-electron chi connectivity index (χ2n) is 5.47. The van der Waals surface area contributed by atoms with Crippen molar-refractivity contribution in [3.63, 3.8) is 0 Å². The third kappa shape index (κ3) is 3.96. The first kappa shape index (κ1) is 16.3. The number of rotatable bonds is 6. The minimum absolute atomic E-state index is 0.0216. The molecule has 0 bridgehead atoms. The van der Waals surface area contributed by atoms with Gasteiger partial charge in [0, 0.05) is 18.8 Å². The zero-order valence-electron chi connectivity index (χ0n) is 12.7. The van der Waals surface area contributed by atoms with E-state index in [4.69, 9.17) is 5.73 Å². The van der Waals surface area contributed by atoms with E-state index < -0.39 is 10.0 Å². The number of anilines is 1. The monoisotopic (exact) mass is 315 g/mol.